The number of rotatable bonds is 5. The van der Waals surface area contributed by atoms with Crippen LogP contribution in [0.1, 0.15) is 37.2 Å². The summed E-state index contributed by atoms with van der Waals surface area (Å²) in [6, 6.07) is 3.14. The van der Waals surface area contributed by atoms with Crippen molar-refractivity contribution in [3.05, 3.63) is 17.9 Å². The highest BCUT2D eigenvalue weighted by molar-refractivity contribution is 5.93. The Kier molecular flexibility index (Phi) is 4.75. The van der Waals surface area contributed by atoms with Gasteiger partial charge in [-0.25, -0.2) is 0 Å². The average molecular weight is 238 g/mol. The third-order valence-corrected chi connectivity index (χ3v) is 2.31. The summed E-state index contributed by atoms with van der Waals surface area (Å²) in [5.41, 5.74) is 0. The Morgan fingerprint density at radius 2 is 2.12 bits per heavy atom. The first-order valence-corrected chi connectivity index (χ1v) is 5.67. The van der Waals surface area contributed by atoms with Crippen molar-refractivity contribution in [2.45, 2.75) is 26.7 Å². The van der Waals surface area contributed by atoms with Gasteiger partial charge >= 0.3 is 0 Å². The van der Waals surface area contributed by atoms with Gasteiger partial charge in [-0.2, -0.15) is 0 Å². The summed E-state index contributed by atoms with van der Waals surface area (Å²) in [6.45, 7) is 4.16. The van der Waals surface area contributed by atoms with Crippen molar-refractivity contribution in [3.8, 4) is 0 Å². The average Bonchev–Trinajstić information content (AvgIpc) is 2.72. The molecule has 0 spiro atoms. The molecule has 0 atom stereocenters. The number of anilines is 1. The van der Waals surface area contributed by atoms with Crippen molar-refractivity contribution in [2.75, 3.05) is 18.9 Å². The quantitative estimate of drug-likeness (QED) is 0.854. The number of carbonyl (C=O) groups excluding carboxylic acids is 2. The molecule has 0 radical (unpaired) electrons. The summed E-state index contributed by atoms with van der Waals surface area (Å²) in [5, 5.41) is 2.49. The molecule has 0 fully saturated rings. The van der Waals surface area contributed by atoms with Crippen LogP contribution in [0.15, 0.2) is 16.5 Å². The van der Waals surface area contributed by atoms with E-state index in [1.807, 2.05) is 0 Å². The maximum atomic E-state index is 11.9. The molecule has 5 heteroatoms. The third kappa shape index (κ3) is 3.94. The fraction of sp³-hybridized carbons (Fsp3) is 0.500. The van der Waals surface area contributed by atoms with Crippen LogP contribution in [-0.2, 0) is 4.79 Å². The number of nitrogens with one attached hydrogen (secondary N) is 1. The Bertz CT molecular complexity index is 398. The number of carbonyl (C=O) groups is 2. The van der Waals surface area contributed by atoms with E-state index in [0.29, 0.717) is 12.4 Å². The van der Waals surface area contributed by atoms with E-state index >= 15 is 0 Å². The Balaban J connectivity index is 2.62. The number of furan rings is 1. The zero-order valence-electron chi connectivity index (χ0n) is 10.4. The van der Waals surface area contributed by atoms with Crippen molar-refractivity contribution in [1.82, 2.24) is 4.90 Å². The largest absolute Gasteiger partial charge is 0.435 e. The summed E-state index contributed by atoms with van der Waals surface area (Å²) in [7, 11) is 1.73. The second kappa shape index (κ2) is 6.08. The topological polar surface area (TPSA) is 62.6 Å². The molecule has 94 valence electrons. The molecule has 0 bridgehead atoms. The molecule has 0 saturated heterocycles. The maximum absolute atomic E-state index is 11.9. The van der Waals surface area contributed by atoms with Crippen LogP contribution in [0.5, 0.6) is 0 Å². The molecule has 0 aliphatic heterocycles. The number of amides is 2. The SMILES string of the molecule is CCCCN(C)C(=O)c1ccc(NC(C)=O)o1. The van der Waals surface area contributed by atoms with E-state index < -0.39 is 0 Å². The van der Waals surface area contributed by atoms with E-state index in [0.717, 1.165) is 12.8 Å². The van der Waals surface area contributed by atoms with Crippen molar-refractivity contribution < 1.29 is 14.0 Å². The van der Waals surface area contributed by atoms with Crippen LogP contribution in [0, 0.1) is 0 Å². The summed E-state index contributed by atoms with van der Waals surface area (Å²) >= 11 is 0. The van der Waals surface area contributed by atoms with Gasteiger partial charge in [-0.1, -0.05) is 13.3 Å². The molecule has 1 rings (SSSR count). The molecule has 2 amide bonds. The molecule has 0 saturated carbocycles. The van der Waals surface area contributed by atoms with Crippen molar-refractivity contribution in [3.63, 3.8) is 0 Å². The van der Waals surface area contributed by atoms with E-state index in [2.05, 4.69) is 12.2 Å². The molecular formula is C12H18N2O3. The molecule has 0 aromatic carbocycles. The van der Waals surface area contributed by atoms with Gasteiger partial charge in [0.15, 0.2) is 11.6 Å². The first-order chi connectivity index (χ1) is 8.04. The summed E-state index contributed by atoms with van der Waals surface area (Å²) in [5.74, 6) is 0.143. The lowest BCUT2D eigenvalue weighted by atomic mass is 10.3. The van der Waals surface area contributed by atoms with Crippen molar-refractivity contribution in [2.24, 2.45) is 0 Å². The van der Waals surface area contributed by atoms with Gasteiger partial charge in [-0.3, -0.25) is 14.9 Å². The van der Waals surface area contributed by atoms with E-state index in [-0.39, 0.29) is 17.6 Å². The maximum Gasteiger partial charge on any atom is 0.289 e. The van der Waals surface area contributed by atoms with Gasteiger partial charge in [0.2, 0.25) is 5.91 Å². The molecule has 1 heterocycles. The molecule has 1 aromatic rings. The van der Waals surface area contributed by atoms with Gasteiger partial charge in [0, 0.05) is 26.6 Å². The number of unbranched alkanes of at least 4 members (excludes halogenated alkanes) is 1. The molecule has 0 aliphatic rings. The lowest BCUT2D eigenvalue weighted by Crippen LogP contribution is -2.27. The highest BCUT2D eigenvalue weighted by Gasteiger charge is 2.15. The monoisotopic (exact) mass is 238 g/mol. The van der Waals surface area contributed by atoms with Gasteiger partial charge in [-0.05, 0) is 12.5 Å². The van der Waals surface area contributed by atoms with Crippen LogP contribution < -0.4 is 5.32 Å². The third-order valence-electron chi connectivity index (χ3n) is 2.31. The molecule has 1 N–H and O–H groups in total. The van der Waals surface area contributed by atoms with Crippen LogP contribution in [0.2, 0.25) is 0 Å². The summed E-state index contributed by atoms with van der Waals surface area (Å²) < 4.78 is 5.23. The van der Waals surface area contributed by atoms with Crippen LogP contribution in [0.4, 0.5) is 5.88 Å². The predicted octanol–water partition coefficient (Wildman–Crippen LogP) is 2.11. The van der Waals surface area contributed by atoms with E-state index in [1.165, 1.54) is 6.92 Å². The fourth-order valence-corrected chi connectivity index (χ4v) is 1.38. The molecule has 1 aromatic heterocycles. The van der Waals surface area contributed by atoms with Gasteiger partial charge in [0.25, 0.3) is 5.91 Å². The lowest BCUT2D eigenvalue weighted by molar-refractivity contribution is -0.114. The zero-order chi connectivity index (χ0) is 12.8. The van der Waals surface area contributed by atoms with E-state index in [9.17, 15) is 9.59 Å². The second-order valence-corrected chi connectivity index (χ2v) is 3.93. The zero-order valence-corrected chi connectivity index (χ0v) is 10.4. The van der Waals surface area contributed by atoms with Gasteiger partial charge in [0.05, 0.1) is 0 Å². The Labute approximate surface area is 101 Å². The van der Waals surface area contributed by atoms with Crippen LogP contribution in [-0.4, -0.2) is 30.3 Å². The van der Waals surface area contributed by atoms with Crippen LogP contribution >= 0.6 is 0 Å². The normalized spacial score (nSPS) is 10.1. The lowest BCUT2D eigenvalue weighted by Gasteiger charge is -2.14. The second-order valence-electron chi connectivity index (χ2n) is 3.93. The van der Waals surface area contributed by atoms with Crippen LogP contribution in [0.3, 0.4) is 0 Å². The van der Waals surface area contributed by atoms with E-state index in [4.69, 9.17) is 4.42 Å². The predicted molar refractivity (Wildman–Crippen MR) is 64.9 cm³/mol. The minimum Gasteiger partial charge on any atom is -0.435 e. The molecule has 17 heavy (non-hydrogen) atoms. The molecule has 5 nitrogen and oxygen atoms in total. The Morgan fingerprint density at radius 1 is 1.41 bits per heavy atom. The Hall–Kier alpha value is -1.78. The molecule has 0 unspecified atom stereocenters. The summed E-state index contributed by atoms with van der Waals surface area (Å²) in [4.78, 5) is 24.3. The molecular weight excluding hydrogens is 220 g/mol. The fourth-order valence-electron chi connectivity index (χ4n) is 1.38. The highest BCUT2D eigenvalue weighted by Crippen LogP contribution is 2.14. The number of hydrogen-bond donors (Lipinski definition) is 1. The number of hydrogen-bond acceptors (Lipinski definition) is 3. The first kappa shape index (κ1) is 13.3. The van der Waals surface area contributed by atoms with Gasteiger partial charge in [-0.15, -0.1) is 0 Å². The highest BCUT2D eigenvalue weighted by atomic mass is 16.4. The molecule has 0 aliphatic carbocycles. The van der Waals surface area contributed by atoms with E-state index in [1.54, 1.807) is 24.1 Å². The smallest absolute Gasteiger partial charge is 0.289 e. The minimum absolute atomic E-state index is 0.171. The van der Waals surface area contributed by atoms with Gasteiger partial charge < -0.3 is 9.32 Å². The van der Waals surface area contributed by atoms with Crippen LogP contribution in [0.25, 0.3) is 0 Å². The minimum atomic E-state index is -0.224. The Morgan fingerprint density at radius 3 is 2.71 bits per heavy atom. The van der Waals surface area contributed by atoms with Crippen molar-refractivity contribution in [1.29, 1.82) is 0 Å². The standard InChI is InChI=1S/C12H18N2O3/c1-4-5-8-14(3)12(16)10-6-7-11(17-10)13-9(2)15/h6-7H,4-5,8H2,1-3H3,(H,13,15). The first-order valence-electron chi connectivity index (χ1n) is 5.67. The van der Waals surface area contributed by atoms with Crippen molar-refractivity contribution >= 4 is 17.7 Å². The number of nitrogens with zero attached hydrogens (tertiary/aromatic N) is 1. The summed E-state index contributed by atoms with van der Waals surface area (Å²) in [6.07, 6.45) is 1.99. The van der Waals surface area contributed by atoms with Gasteiger partial charge in [0.1, 0.15) is 0 Å².